The lowest BCUT2D eigenvalue weighted by Crippen LogP contribution is -2.08. The number of rotatable bonds is 5. The molecule has 3 aromatic carbocycles. The van der Waals surface area contributed by atoms with Gasteiger partial charge in [0.1, 0.15) is 16.7 Å². The van der Waals surface area contributed by atoms with Crippen LogP contribution in [-0.2, 0) is 0 Å². The summed E-state index contributed by atoms with van der Waals surface area (Å²) in [4.78, 5) is 12.4. The smallest absolute Gasteiger partial charge is 0.199 e. The quantitative estimate of drug-likeness (QED) is 0.392. The molecule has 4 nitrogen and oxygen atoms in total. The fourth-order valence-electron chi connectivity index (χ4n) is 3.40. The predicted octanol–water partition coefficient (Wildman–Crippen LogP) is 6.02. The van der Waals surface area contributed by atoms with E-state index in [9.17, 15) is 4.79 Å². The average Bonchev–Trinajstić information content (AvgIpc) is 3.29. The molecule has 2 heterocycles. The van der Waals surface area contributed by atoms with Gasteiger partial charge in [-0.1, -0.05) is 36.4 Å². The van der Waals surface area contributed by atoms with Gasteiger partial charge in [0.25, 0.3) is 0 Å². The second-order valence-corrected chi connectivity index (χ2v) is 6.56. The maximum Gasteiger partial charge on any atom is 0.199 e. The Hall–Kier alpha value is -3.53. The maximum atomic E-state index is 12.4. The Morgan fingerprint density at radius 3 is 2.44 bits per heavy atom. The van der Waals surface area contributed by atoms with Gasteiger partial charge in [-0.15, -0.1) is 0 Å². The Morgan fingerprint density at radius 1 is 0.778 bits per heavy atom. The molecule has 0 aliphatic carbocycles. The summed E-state index contributed by atoms with van der Waals surface area (Å²) in [7, 11) is 0. The van der Waals surface area contributed by atoms with Gasteiger partial charge in [-0.3, -0.25) is 4.79 Å². The maximum absolute atomic E-state index is 12.4. The van der Waals surface area contributed by atoms with Crippen molar-refractivity contribution in [2.24, 2.45) is 0 Å². The molecular formula is C23H17NO3. The van der Waals surface area contributed by atoms with Gasteiger partial charge in [0, 0.05) is 40.9 Å². The third-order valence-electron chi connectivity index (χ3n) is 4.76. The van der Waals surface area contributed by atoms with E-state index in [0.29, 0.717) is 18.7 Å². The lowest BCUT2D eigenvalue weighted by Gasteiger charge is -2.05. The van der Waals surface area contributed by atoms with Crippen LogP contribution >= 0.6 is 0 Å². The Bertz CT molecular complexity index is 1250. The first kappa shape index (κ1) is 15.7. The lowest BCUT2D eigenvalue weighted by molar-refractivity contribution is 0.0962. The van der Waals surface area contributed by atoms with Gasteiger partial charge in [-0.25, -0.2) is 0 Å². The van der Waals surface area contributed by atoms with Crippen molar-refractivity contribution >= 4 is 44.4 Å². The molecule has 1 N–H and O–H groups in total. The summed E-state index contributed by atoms with van der Waals surface area (Å²) in [6, 6.07) is 23.5. The molecule has 4 heteroatoms. The third kappa shape index (κ3) is 2.85. The standard InChI is InChI=1S/C23H17NO3/c25-19(23-13-15-5-1-3-7-20(15)26-23)11-12-24-16-9-10-18-17-6-2-4-8-21(17)27-22(18)14-16/h1-10,13-14,24H,11-12H2. The number of hydrogen-bond donors (Lipinski definition) is 1. The number of fused-ring (bicyclic) bond motifs is 4. The van der Waals surface area contributed by atoms with Crippen LogP contribution in [0.5, 0.6) is 0 Å². The molecule has 5 rings (SSSR count). The molecule has 0 atom stereocenters. The van der Waals surface area contributed by atoms with Crippen molar-refractivity contribution in [3.63, 3.8) is 0 Å². The number of nitrogens with one attached hydrogen (secondary N) is 1. The monoisotopic (exact) mass is 355 g/mol. The van der Waals surface area contributed by atoms with Crippen molar-refractivity contribution in [2.75, 3.05) is 11.9 Å². The third-order valence-corrected chi connectivity index (χ3v) is 4.76. The van der Waals surface area contributed by atoms with Gasteiger partial charge >= 0.3 is 0 Å². The van der Waals surface area contributed by atoms with E-state index in [1.807, 2.05) is 60.7 Å². The van der Waals surface area contributed by atoms with E-state index >= 15 is 0 Å². The van der Waals surface area contributed by atoms with E-state index in [4.69, 9.17) is 8.83 Å². The predicted molar refractivity (Wildman–Crippen MR) is 107 cm³/mol. The van der Waals surface area contributed by atoms with Crippen LogP contribution in [0.25, 0.3) is 32.9 Å². The van der Waals surface area contributed by atoms with Gasteiger partial charge in [-0.2, -0.15) is 0 Å². The highest BCUT2D eigenvalue weighted by Gasteiger charge is 2.12. The molecule has 0 unspecified atom stereocenters. The molecule has 0 aliphatic rings. The zero-order valence-corrected chi connectivity index (χ0v) is 14.6. The zero-order chi connectivity index (χ0) is 18.2. The van der Waals surface area contributed by atoms with Crippen LogP contribution in [0.1, 0.15) is 17.0 Å². The number of carbonyl (C=O) groups is 1. The number of Topliss-reactive ketones (excluding diaryl/α,β-unsaturated/α-hetero) is 1. The highest BCUT2D eigenvalue weighted by atomic mass is 16.3. The Morgan fingerprint density at radius 2 is 1.56 bits per heavy atom. The molecule has 0 radical (unpaired) electrons. The normalized spacial score (nSPS) is 11.4. The summed E-state index contributed by atoms with van der Waals surface area (Å²) in [6.45, 7) is 0.529. The van der Waals surface area contributed by atoms with Crippen molar-refractivity contribution in [1.82, 2.24) is 0 Å². The summed E-state index contributed by atoms with van der Waals surface area (Å²) in [5, 5.41) is 6.44. The van der Waals surface area contributed by atoms with Crippen LogP contribution in [-0.4, -0.2) is 12.3 Å². The van der Waals surface area contributed by atoms with E-state index < -0.39 is 0 Å². The van der Waals surface area contributed by atoms with Crippen molar-refractivity contribution in [2.45, 2.75) is 6.42 Å². The topological polar surface area (TPSA) is 55.4 Å². The largest absolute Gasteiger partial charge is 0.456 e. The summed E-state index contributed by atoms with van der Waals surface area (Å²) in [5.74, 6) is 0.397. The second kappa shape index (κ2) is 6.32. The Balaban J connectivity index is 1.29. The number of hydrogen-bond acceptors (Lipinski definition) is 4. The molecular weight excluding hydrogens is 338 g/mol. The van der Waals surface area contributed by atoms with Gasteiger partial charge in [0.2, 0.25) is 0 Å². The van der Waals surface area contributed by atoms with Gasteiger partial charge in [0.05, 0.1) is 0 Å². The molecule has 5 aromatic rings. The molecule has 132 valence electrons. The van der Waals surface area contributed by atoms with Crippen molar-refractivity contribution in [1.29, 1.82) is 0 Å². The number of anilines is 1. The summed E-state index contributed by atoms with van der Waals surface area (Å²) in [6.07, 6.45) is 0.359. The van der Waals surface area contributed by atoms with E-state index in [2.05, 4.69) is 11.4 Å². The fourth-order valence-corrected chi connectivity index (χ4v) is 3.40. The number of ketones is 1. The first-order valence-corrected chi connectivity index (χ1v) is 8.95. The number of para-hydroxylation sites is 2. The SMILES string of the molecule is O=C(CCNc1ccc2c(c1)oc1ccccc12)c1cc2ccccc2o1. The Labute approximate surface area is 155 Å². The number of furan rings is 2. The van der Waals surface area contributed by atoms with Gasteiger partial charge in [-0.05, 0) is 30.3 Å². The highest BCUT2D eigenvalue weighted by Crippen LogP contribution is 2.30. The minimum atomic E-state index is -0.0106. The molecule has 0 bridgehead atoms. The van der Waals surface area contributed by atoms with Crippen molar-refractivity contribution in [3.05, 3.63) is 78.6 Å². The summed E-state index contributed by atoms with van der Waals surface area (Å²) < 4.78 is 11.5. The van der Waals surface area contributed by atoms with Gasteiger partial charge in [0.15, 0.2) is 11.5 Å². The molecule has 0 aliphatic heterocycles. The minimum Gasteiger partial charge on any atom is -0.456 e. The highest BCUT2D eigenvalue weighted by molar-refractivity contribution is 6.05. The van der Waals surface area contributed by atoms with Crippen molar-refractivity contribution < 1.29 is 13.6 Å². The first-order chi connectivity index (χ1) is 13.3. The number of carbonyl (C=O) groups excluding carboxylic acids is 1. The van der Waals surface area contributed by atoms with Crippen LogP contribution < -0.4 is 5.32 Å². The second-order valence-electron chi connectivity index (χ2n) is 6.56. The van der Waals surface area contributed by atoms with Gasteiger partial charge < -0.3 is 14.2 Å². The van der Waals surface area contributed by atoms with Crippen LogP contribution in [0.3, 0.4) is 0 Å². The number of benzene rings is 3. The summed E-state index contributed by atoms with van der Waals surface area (Å²) in [5.41, 5.74) is 3.39. The average molecular weight is 355 g/mol. The zero-order valence-electron chi connectivity index (χ0n) is 14.6. The van der Waals surface area contributed by atoms with E-state index in [1.54, 1.807) is 6.07 Å². The Kier molecular flexibility index (Phi) is 3.68. The molecule has 2 aromatic heterocycles. The molecule has 0 amide bonds. The fraction of sp³-hybridized carbons (Fsp3) is 0.0870. The van der Waals surface area contributed by atoms with E-state index in [-0.39, 0.29) is 5.78 Å². The molecule has 0 saturated carbocycles. The molecule has 27 heavy (non-hydrogen) atoms. The first-order valence-electron chi connectivity index (χ1n) is 8.95. The summed E-state index contributed by atoms with van der Waals surface area (Å²) >= 11 is 0. The molecule has 0 saturated heterocycles. The van der Waals surface area contributed by atoms with E-state index in [0.717, 1.165) is 38.6 Å². The van der Waals surface area contributed by atoms with Crippen LogP contribution in [0.15, 0.2) is 81.6 Å². The molecule has 0 spiro atoms. The van der Waals surface area contributed by atoms with Crippen LogP contribution in [0.2, 0.25) is 0 Å². The van der Waals surface area contributed by atoms with Crippen molar-refractivity contribution in [3.8, 4) is 0 Å². The van der Waals surface area contributed by atoms with Crippen LogP contribution in [0.4, 0.5) is 5.69 Å². The lowest BCUT2D eigenvalue weighted by atomic mass is 10.1. The van der Waals surface area contributed by atoms with Crippen LogP contribution in [0, 0.1) is 0 Å². The molecule has 0 fully saturated rings. The van der Waals surface area contributed by atoms with E-state index in [1.165, 1.54) is 0 Å². The minimum absolute atomic E-state index is 0.0106.